The summed E-state index contributed by atoms with van der Waals surface area (Å²) in [5.74, 6) is 0.960. The van der Waals surface area contributed by atoms with Crippen LogP contribution in [0.2, 0.25) is 0 Å². The highest BCUT2D eigenvalue weighted by molar-refractivity contribution is 5.85. The second kappa shape index (κ2) is 3.94. The third-order valence-corrected chi connectivity index (χ3v) is 2.81. The zero-order chi connectivity index (χ0) is 6.32. The van der Waals surface area contributed by atoms with E-state index in [2.05, 4.69) is 5.32 Å². The first-order valence-electron chi connectivity index (χ1n) is 3.75. The smallest absolute Gasteiger partial charge is 0.00202 e. The Morgan fingerprint density at radius 3 is 2.27 bits per heavy atom. The summed E-state index contributed by atoms with van der Waals surface area (Å²) >= 11 is 0. The van der Waals surface area contributed by atoms with E-state index in [9.17, 15) is 0 Å². The van der Waals surface area contributed by atoms with Gasteiger partial charge in [-0.25, -0.2) is 0 Å². The second-order valence-electron chi connectivity index (χ2n) is 3.61. The van der Waals surface area contributed by atoms with Crippen LogP contribution in [0.5, 0.6) is 0 Å². The van der Waals surface area contributed by atoms with E-state index >= 15 is 0 Å². The molecule has 2 bridgehead atoms. The van der Waals surface area contributed by atoms with E-state index in [-0.39, 0.29) is 24.8 Å². The quantitative estimate of drug-likeness (QED) is 0.655. The third kappa shape index (κ3) is 1.81. The van der Waals surface area contributed by atoms with Crippen LogP contribution in [-0.2, 0) is 0 Å². The Hall–Kier alpha value is 0.500. The normalized spacial score (nSPS) is 39.5. The first kappa shape index (κ1) is 11.5. The van der Waals surface area contributed by atoms with Gasteiger partial charge in [0.15, 0.2) is 0 Å². The minimum absolute atomic E-state index is 0. The molecular formula is C7H16Cl2N2. The molecule has 0 unspecified atom stereocenters. The van der Waals surface area contributed by atoms with Gasteiger partial charge in [-0.05, 0) is 37.3 Å². The third-order valence-electron chi connectivity index (χ3n) is 2.81. The van der Waals surface area contributed by atoms with Crippen LogP contribution in [0, 0.1) is 11.3 Å². The van der Waals surface area contributed by atoms with E-state index in [4.69, 9.17) is 5.73 Å². The van der Waals surface area contributed by atoms with Gasteiger partial charge in [0.1, 0.15) is 0 Å². The van der Waals surface area contributed by atoms with E-state index in [1.54, 1.807) is 0 Å². The fourth-order valence-electron chi connectivity index (χ4n) is 2.23. The topological polar surface area (TPSA) is 38.0 Å². The molecule has 3 rings (SSSR count). The second-order valence-corrected chi connectivity index (χ2v) is 3.61. The molecule has 3 aliphatic rings. The zero-order valence-electron chi connectivity index (χ0n) is 6.51. The molecule has 68 valence electrons. The lowest BCUT2D eigenvalue weighted by atomic mass is 9.59. The van der Waals surface area contributed by atoms with Crippen LogP contribution in [-0.4, -0.2) is 19.6 Å². The van der Waals surface area contributed by atoms with Crippen LogP contribution in [0.4, 0.5) is 0 Å². The van der Waals surface area contributed by atoms with Crippen molar-refractivity contribution in [3.05, 3.63) is 0 Å². The molecule has 2 aliphatic heterocycles. The Labute approximate surface area is 80.1 Å². The summed E-state index contributed by atoms with van der Waals surface area (Å²) in [5.41, 5.74) is 6.17. The molecule has 2 saturated heterocycles. The van der Waals surface area contributed by atoms with Gasteiger partial charge < -0.3 is 11.1 Å². The van der Waals surface area contributed by atoms with E-state index in [0.29, 0.717) is 5.41 Å². The molecular weight excluding hydrogens is 183 g/mol. The van der Waals surface area contributed by atoms with Crippen molar-refractivity contribution in [3.8, 4) is 0 Å². The minimum atomic E-state index is 0. The maximum Gasteiger partial charge on any atom is 0.00202 e. The van der Waals surface area contributed by atoms with Crippen LogP contribution < -0.4 is 11.1 Å². The van der Waals surface area contributed by atoms with Gasteiger partial charge in [-0.2, -0.15) is 0 Å². The highest BCUT2D eigenvalue weighted by atomic mass is 35.5. The highest BCUT2D eigenvalue weighted by Crippen LogP contribution is 2.46. The molecule has 0 spiro atoms. The molecule has 0 atom stereocenters. The number of piperidine rings is 2. The average molecular weight is 199 g/mol. The molecule has 3 N–H and O–H groups in total. The maximum atomic E-state index is 5.64. The fraction of sp³-hybridized carbons (Fsp3) is 1.00. The van der Waals surface area contributed by atoms with Crippen molar-refractivity contribution in [2.75, 3.05) is 19.6 Å². The largest absolute Gasteiger partial charge is 0.330 e. The Bertz CT molecular complexity index is 118. The number of fused-ring (bicyclic) bond motifs is 2. The molecule has 4 heteroatoms. The van der Waals surface area contributed by atoms with Gasteiger partial charge in [0, 0.05) is 6.54 Å². The summed E-state index contributed by atoms with van der Waals surface area (Å²) in [4.78, 5) is 0. The van der Waals surface area contributed by atoms with Crippen LogP contribution in [0.25, 0.3) is 0 Å². The van der Waals surface area contributed by atoms with Crippen molar-refractivity contribution < 1.29 is 0 Å². The molecule has 0 aromatic heterocycles. The molecule has 2 heterocycles. The van der Waals surface area contributed by atoms with Crippen molar-refractivity contribution >= 4 is 24.8 Å². The van der Waals surface area contributed by atoms with Gasteiger partial charge in [-0.1, -0.05) is 0 Å². The van der Waals surface area contributed by atoms with Crippen molar-refractivity contribution in [3.63, 3.8) is 0 Å². The van der Waals surface area contributed by atoms with E-state index in [1.165, 1.54) is 25.9 Å². The molecule has 0 aromatic carbocycles. The van der Waals surface area contributed by atoms with Gasteiger partial charge in [0.25, 0.3) is 0 Å². The summed E-state index contributed by atoms with van der Waals surface area (Å²) in [7, 11) is 0. The van der Waals surface area contributed by atoms with Gasteiger partial charge in [-0.15, -0.1) is 24.8 Å². The zero-order valence-corrected chi connectivity index (χ0v) is 8.14. The molecule has 0 amide bonds. The molecule has 2 nitrogen and oxygen atoms in total. The molecule has 3 fully saturated rings. The molecule has 0 radical (unpaired) electrons. The number of halogens is 2. The average Bonchev–Trinajstić information content (AvgIpc) is 1.88. The number of hydrogen-bond donors (Lipinski definition) is 2. The minimum Gasteiger partial charge on any atom is -0.330 e. The Kier molecular flexibility index (Phi) is 4.12. The van der Waals surface area contributed by atoms with Gasteiger partial charge in [0.2, 0.25) is 0 Å². The van der Waals surface area contributed by atoms with Gasteiger partial charge >= 0.3 is 0 Å². The van der Waals surface area contributed by atoms with Crippen molar-refractivity contribution in [2.45, 2.75) is 12.8 Å². The van der Waals surface area contributed by atoms with Crippen LogP contribution >= 0.6 is 24.8 Å². The van der Waals surface area contributed by atoms with E-state index in [0.717, 1.165) is 12.5 Å². The predicted octanol–water partition coefficient (Wildman–Crippen LogP) is 0.788. The van der Waals surface area contributed by atoms with E-state index < -0.39 is 0 Å². The predicted molar refractivity (Wildman–Crippen MR) is 51.6 cm³/mol. The Morgan fingerprint density at radius 2 is 2.00 bits per heavy atom. The van der Waals surface area contributed by atoms with Crippen LogP contribution in [0.1, 0.15) is 12.8 Å². The Morgan fingerprint density at radius 1 is 1.36 bits per heavy atom. The highest BCUT2D eigenvalue weighted by Gasteiger charge is 2.45. The standard InChI is InChI=1S/C7H14N2.2ClH/c8-4-7-1-6(2-7)3-9-5-7;;/h6,9H,1-5,8H2;2*1H. The first-order valence-corrected chi connectivity index (χ1v) is 3.75. The monoisotopic (exact) mass is 198 g/mol. The molecule has 1 aliphatic carbocycles. The lowest BCUT2D eigenvalue weighted by Crippen LogP contribution is -2.57. The Balaban J connectivity index is 0.000000500. The number of hydrogen-bond acceptors (Lipinski definition) is 2. The molecule has 0 aromatic rings. The summed E-state index contributed by atoms with van der Waals surface area (Å²) in [6.45, 7) is 3.29. The summed E-state index contributed by atoms with van der Waals surface area (Å²) in [5, 5.41) is 3.40. The van der Waals surface area contributed by atoms with Crippen molar-refractivity contribution in [1.29, 1.82) is 0 Å². The molecule has 1 saturated carbocycles. The van der Waals surface area contributed by atoms with Crippen LogP contribution in [0.15, 0.2) is 0 Å². The van der Waals surface area contributed by atoms with Gasteiger partial charge in [-0.3, -0.25) is 0 Å². The lowest BCUT2D eigenvalue weighted by molar-refractivity contribution is 0.0228. The summed E-state index contributed by atoms with van der Waals surface area (Å²) in [6.07, 6.45) is 2.77. The van der Waals surface area contributed by atoms with E-state index in [1.807, 2.05) is 0 Å². The number of nitrogens with two attached hydrogens (primary N) is 1. The van der Waals surface area contributed by atoms with Crippen LogP contribution in [0.3, 0.4) is 0 Å². The van der Waals surface area contributed by atoms with Gasteiger partial charge in [0.05, 0.1) is 0 Å². The number of nitrogens with one attached hydrogen (secondary N) is 1. The summed E-state index contributed by atoms with van der Waals surface area (Å²) < 4.78 is 0. The maximum absolute atomic E-state index is 5.64. The lowest BCUT2D eigenvalue weighted by Gasteiger charge is -2.52. The van der Waals surface area contributed by atoms with Crippen molar-refractivity contribution in [2.24, 2.45) is 17.1 Å². The summed E-state index contributed by atoms with van der Waals surface area (Å²) in [6, 6.07) is 0. The number of rotatable bonds is 1. The first-order chi connectivity index (χ1) is 4.35. The fourth-order valence-corrected chi connectivity index (χ4v) is 2.23. The SMILES string of the molecule is Cl.Cl.NCC12CNCC(C1)C2. The molecule has 11 heavy (non-hydrogen) atoms. The van der Waals surface area contributed by atoms with Crippen molar-refractivity contribution in [1.82, 2.24) is 5.32 Å².